The number of para-hydroxylation sites is 3. The summed E-state index contributed by atoms with van der Waals surface area (Å²) in [5.41, 5.74) is 13.1. The standard InChI is InChI=1S/C52H35N5/c1-34-24-26-39(27-25-34)51-53-50(38-16-6-3-7-17-38)54-52(55-51)57-47-23-13-10-20-42(47)44-33-32-43-41-19-9-12-22-46(41)56(48(43)49(44)57)45-21-11-8-18-40(45)37-30-28-36(29-31-37)35-14-4-2-5-15-35/h2-33H,1H3. The Balaban J connectivity index is 1.23. The van der Waals surface area contributed by atoms with Crippen LogP contribution in [0, 0.1) is 6.92 Å². The number of hydrogen-bond acceptors (Lipinski definition) is 3. The van der Waals surface area contributed by atoms with Gasteiger partial charge in [0.2, 0.25) is 5.95 Å². The lowest BCUT2D eigenvalue weighted by Crippen LogP contribution is -2.07. The zero-order chi connectivity index (χ0) is 37.9. The molecular weight excluding hydrogens is 695 g/mol. The molecule has 11 rings (SSSR count). The van der Waals surface area contributed by atoms with Gasteiger partial charge in [-0.05, 0) is 41.8 Å². The molecule has 3 heterocycles. The summed E-state index contributed by atoms with van der Waals surface area (Å²) in [6, 6.07) is 68.7. The highest BCUT2D eigenvalue weighted by Crippen LogP contribution is 2.43. The maximum atomic E-state index is 5.29. The van der Waals surface area contributed by atoms with Crippen molar-refractivity contribution in [3.63, 3.8) is 0 Å². The Kier molecular flexibility index (Phi) is 7.64. The number of benzene rings is 8. The van der Waals surface area contributed by atoms with Crippen LogP contribution in [0.25, 0.3) is 100 Å². The van der Waals surface area contributed by atoms with Crippen molar-refractivity contribution in [3.8, 4) is 56.7 Å². The van der Waals surface area contributed by atoms with Crippen LogP contribution in [0.1, 0.15) is 5.56 Å². The molecule has 0 amide bonds. The topological polar surface area (TPSA) is 48.5 Å². The van der Waals surface area contributed by atoms with Gasteiger partial charge in [-0.3, -0.25) is 4.57 Å². The van der Waals surface area contributed by atoms with Crippen molar-refractivity contribution < 1.29 is 0 Å². The molecule has 11 aromatic rings. The molecular formula is C52H35N5. The second-order valence-electron chi connectivity index (χ2n) is 14.5. The monoisotopic (exact) mass is 729 g/mol. The van der Waals surface area contributed by atoms with Crippen LogP contribution in [0.4, 0.5) is 0 Å². The maximum Gasteiger partial charge on any atom is 0.238 e. The Morgan fingerprint density at radius 2 is 0.789 bits per heavy atom. The number of aryl methyl sites for hydroxylation is 1. The summed E-state index contributed by atoms with van der Waals surface area (Å²) in [4.78, 5) is 15.6. The van der Waals surface area contributed by atoms with Crippen LogP contribution in [-0.2, 0) is 0 Å². The predicted molar refractivity (Wildman–Crippen MR) is 235 cm³/mol. The fraction of sp³-hybridized carbons (Fsp3) is 0.0192. The molecule has 5 nitrogen and oxygen atoms in total. The van der Waals surface area contributed by atoms with Crippen LogP contribution in [0.5, 0.6) is 0 Å². The highest BCUT2D eigenvalue weighted by atomic mass is 15.2. The minimum Gasteiger partial charge on any atom is -0.307 e. The van der Waals surface area contributed by atoms with Gasteiger partial charge in [-0.25, -0.2) is 4.98 Å². The van der Waals surface area contributed by atoms with E-state index in [-0.39, 0.29) is 0 Å². The number of hydrogen-bond donors (Lipinski definition) is 0. The summed E-state index contributed by atoms with van der Waals surface area (Å²) in [7, 11) is 0. The number of aromatic nitrogens is 5. The predicted octanol–water partition coefficient (Wildman–Crippen LogP) is 13.0. The second kappa shape index (κ2) is 13.3. The molecule has 0 radical (unpaired) electrons. The van der Waals surface area contributed by atoms with E-state index >= 15 is 0 Å². The van der Waals surface area contributed by atoms with Crippen molar-refractivity contribution in [2.45, 2.75) is 6.92 Å². The smallest absolute Gasteiger partial charge is 0.238 e. The largest absolute Gasteiger partial charge is 0.307 e. The van der Waals surface area contributed by atoms with Gasteiger partial charge in [0.25, 0.3) is 0 Å². The SMILES string of the molecule is Cc1ccc(-c2nc(-c3ccccc3)nc(-n3c4ccccc4c4ccc5c6ccccc6n(-c6ccccc6-c6ccc(-c7ccccc7)cc6)c5c43)n2)cc1. The molecule has 5 heteroatoms. The Morgan fingerprint density at radius 3 is 1.44 bits per heavy atom. The average molecular weight is 730 g/mol. The van der Waals surface area contributed by atoms with E-state index in [1.807, 2.05) is 18.2 Å². The number of rotatable bonds is 6. The van der Waals surface area contributed by atoms with Crippen LogP contribution in [0.3, 0.4) is 0 Å². The number of fused-ring (bicyclic) bond motifs is 7. The first-order valence-electron chi connectivity index (χ1n) is 19.3. The maximum absolute atomic E-state index is 5.29. The summed E-state index contributed by atoms with van der Waals surface area (Å²) in [6.45, 7) is 2.10. The van der Waals surface area contributed by atoms with Gasteiger partial charge in [0, 0.05) is 38.2 Å². The Labute approximate surface area is 329 Å². The molecule has 0 bridgehead atoms. The zero-order valence-electron chi connectivity index (χ0n) is 31.2. The third-order valence-electron chi connectivity index (χ3n) is 11.1. The van der Waals surface area contributed by atoms with E-state index in [0.717, 1.165) is 66.2 Å². The van der Waals surface area contributed by atoms with E-state index in [1.54, 1.807) is 0 Å². The quantitative estimate of drug-likeness (QED) is 0.171. The molecule has 57 heavy (non-hydrogen) atoms. The van der Waals surface area contributed by atoms with Gasteiger partial charge in [-0.1, -0.05) is 181 Å². The molecule has 0 aliphatic rings. The van der Waals surface area contributed by atoms with E-state index in [2.05, 4.69) is 192 Å². The molecule has 8 aromatic carbocycles. The van der Waals surface area contributed by atoms with Gasteiger partial charge >= 0.3 is 0 Å². The molecule has 0 spiro atoms. The second-order valence-corrected chi connectivity index (χ2v) is 14.5. The fourth-order valence-corrected chi connectivity index (χ4v) is 8.36. The molecule has 268 valence electrons. The molecule has 0 N–H and O–H groups in total. The molecule has 0 atom stereocenters. The highest BCUT2D eigenvalue weighted by molar-refractivity contribution is 6.24. The zero-order valence-corrected chi connectivity index (χ0v) is 31.2. The first-order valence-corrected chi connectivity index (χ1v) is 19.3. The molecule has 0 aliphatic carbocycles. The Hall–Kier alpha value is -7.63. The number of nitrogens with zero attached hydrogens (tertiary/aromatic N) is 5. The normalized spacial score (nSPS) is 11.6. The molecule has 0 fully saturated rings. The third kappa shape index (κ3) is 5.43. The van der Waals surface area contributed by atoms with Gasteiger partial charge in [0.1, 0.15) is 0 Å². The first-order chi connectivity index (χ1) is 28.2. The molecule has 0 saturated carbocycles. The summed E-state index contributed by atoms with van der Waals surface area (Å²) in [6.07, 6.45) is 0. The lowest BCUT2D eigenvalue weighted by atomic mass is 9.99. The van der Waals surface area contributed by atoms with Crippen molar-refractivity contribution in [1.29, 1.82) is 0 Å². The van der Waals surface area contributed by atoms with E-state index in [9.17, 15) is 0 Å². The van der Waals surface area contributed by atoms with Gasteiger partial charge in [0.15, 0.2) is 11.6 Å². The van der Waals surface area contributed by atoms with Gasteiger partial charge < -0.3 is 4.57 Å². The van der Waals surface area contributed by atoms with Crippen molar-refractivity contribution in [1.82, 2.24) is 24.1 Å². The van der Waals surface area contributed by atoms with Crippen molar-refractivity contribution in [3.05, 3.63) is 200 Å². The molecule has 0 unspecified atom stereocenters. The first kappa shape index (κ1) is 32.8. The van der Waals surface area contributed by atoms with Crippen molar-refractivity contribution >= 4 is 43.6 Å². The third-order valence-corrected chi connectivity index (χ3v) is 11.1. The van der Waals surface area contributed by atoms with E-state index < -0.39 is 0 Å². The minimum atomic E-state index is 0.569. The van der Waals surface area contributed by atoms with Crippen LogP contribution in [0.2, 0.25) is 0 Å². The molecule has 0 aliphatic heterocycles. The highest BCUT2D eigenvalue weighted by Gasteiger charge is 2.24. The summed E-state index contributed by atoms with van der Waals surface area (Å²) >= 11 is 0. The van der Waals surface area contributed by atoms with E-state index in [0.29, 0.717) is 17.6 Å². The van der Waals surface area contributed by atoms with Gasteiger partial charge in [-0.2, -0.15) is 9.97 Å². The van der Waals surface area contributed by atoms with Crippen LogP contribution in [-0.4, -0.2) is 24.1 Å². The minimum absolute atomic E-state index is 0.569. The Bertz CT molecular complexity index is 3270. The van der Waals surface area contributed by atoms with Crippen LogP contribution < -0.4 is 0 Å². The van der Waals surface area contributed by atoms with Crippen molar-refractivity contribution in [2.75, 3.05) is 0 Å². The Morgan fingerprint density at radius 1 is 0.333 bits per heavy atom. The molecule has 0 saturated heterocycles. The lowest BCUT2D eigenvalue weighted by Gasteiger charge is -2.16. The van der Waals surface area contributed by atoms with Gasteiger partial charge in [0.05, 0.1) is 27.8 Å². The van der Waals surface area contributed by atoms with E-state index in [1.165, 1.54) is 22.1 Å². The van der Waals surface area contributed by atoms with E-state index in [4.69, 9.17) is 15.0 Å². The summed E-state index contributed by atoms with van der Waals surface area (Å²) < 4.78 is 4.70. The fourth-order valence-electron chi connectivity index (χ4n) is 8.36. The molecule has 3 aromatic heterocycles. The van der Waals surface area contributed by atoms with Gasteiger partial charge in [-0.15, -0.1) is 0 Å². The lowest BCUT2D eigenvalue weighted by molar-refractivity contribution is 0.953. The summed E-state index contributed by atoms with van der Waals surface area (Å²) in [5.74, 6) is 1.82. The average Bonchev–Trinajstić information content (AvgIpc) is 3.80. The summed E-state index contributed by atoms with van der Waals surface area (Å²) in [5, 5.41) is 4.61. The van der Waals surface area contributed by atoms with Crippen LogP contribution >= 0.6 is 0 Å². The van der Waals surface area contributed by atoms with Crippen molar-refractivity contribution in [2.24, 2.45) is 0 Å². The van der Waals surface area contributed by atoms with Crippen LogP contribution in [0.15, 0.2) is 194 Å².